The zero-order chi connectivity index (χ0) is 38.2. The van der Waals surface area contributed by atoms with Crippen molar-refractivity contribution >= 4 is 73.9 Å². The average molecular weight is 845 g/mol. The third-order valence-corrected chi connectivity index (χ3v) is 21.4. The zero-order valence-electron chi connectivity index (χ0n) is 33.9. The van der Waals surface area contributed by atoms with Crippen molar-refractivity contribution in [2.45, 2.75) is 162 Å². The van der Waals surface area contributed by atoms with Crippen molar-refractivity contribution in [2.24, 2.45) is 0 Å². The quantitative estimate of drug-likeness (QED) is 0.0855. The van der Waals surface area contributed by atoms with E-state index in [9.17, 15) is 9.13 Å². The number of rotatable bonds is 20. The minimum Gasteiger partial charge on any atom is -0.409 e. The SMILES string of the molecule is C[Si](C)(C)OC1C(COP(=O)(O[Si](C)(C)C)O[Si](C)(C)C)OC(COP(=O)(O[Si](C)(C)C)O[Si](C)(C)C)(O[Si](C)(C)C)C1O[Si](C)(C)C. The van der Waals surface area contributed by atoms with Gasteiger partial charge >= 0.3 is 15.6 Å². The Kier molecular flexibility index (Phi) is 16.0. The molecule has 12 nitrogen and oxygen atoms in total. The Morgan fingerprint density at radius 1 is 0.500 bits per heavy atom. The molecule has 4 atom stereocenters. The molecule has 0 aliphatic carbocycles. The summed E-state index contributed by atoms with van der Waals surface area (Å²) in [7, 11) is -24.7. The van der Waals surface area contributed by atoms with Crippen molar-refractivity contribution in [1.82, 2.24) is 0 Å². The smallest absolute Gasteiger partial charge is 0.409 e. The van der Waals surface area contributed by atoms with Gasteiger partial charge in [0.15, 0.2) is 58.2 Å². The van der Waals surface area contributed by atoms with Gasteiger partial charge in [0.25, 0.3) is 0 Å². The van der Waals surface area contributed by atoms with Crippen LogP contribution in [0.2, 0.25) is 137 Å². The molecule has 288 valence electrons. The van der Waals surface area contributed by atoms with E-state index < -0.39 is 98.0 Å². The first-order valence-electron chi connectivity index (χ1n) is 16.8. The number of ether oxygens (including phenoxy) is 1. The summed E-state index contributed by atoms with van der Waals surface area (Å²) in [6.45, 7) is 41.3. The number of phosphoric acid groups is 2. The highest BCUT2D eigenvalue weighted by molar-refractivity contribution is 7.52. The Balaban J connectivity index is 3.88. The standard InChI is InChI=1S/C27H70O12P2Si7/c1-42(2,3)33-25-24(22-30-40(28,36-45(10,11)12)37-46(13,14)15)32-27(35-44(7,8)9,26(25)34-43(4,5)6)23-31-41(29,38-47(16,17)18)39-48(19,20)21/h24-26H,22-23H2,1-21H3. The summed E-state index contributed by atoms with van der Waals surface area (Å²) in [6.07, 6.45) is -2.33. The van der Waals surface area contributed by atoms with Crippen molar-refractivity contribution in [3.05, 3.63) is 0 Å². The largest absolute Gasteiger partial charge is 0.455 e. The van der Waals surface area contributed by atoms with Crippen LogP contribution in [0.3, 0.4) is 0 Å². The lowest BCUT2D eigenvalue weighted by Gasteiger charge is -2.43. The van der Waals surface area contributed by atoms with Crippen LogP contribution in [0.1, 0.15) is 0 Å². The van der Waals surface area contributed by atoms with E-state index in [1.807, 2.05) is 98.2 Å². The van der Waals surface area contributed by atoms with Gasteiger partial charge < -0.3 is 34.9 Å². The normalized spacial score (nSPS) is 24.4. The fourth-order valence-electron chi connectivity index (χ4n) is 4.61. The molecule has 48 heavy (non-hydrogen) atoms. The molecule has 0 amide bonds. The summed E-state index contributed by atoms with van der Waals surface area (Å²) < 4.78 is 93.0. The number of hydrogen-bond acceptors (Lipinski definition) is 12. The van der Waals surface area contributed by atoms with Crippen LogP contribution < -0.4 is 0 Å². The van der Waals surface area contributed by atoms with Crippen LogP contribution in [0.15, 0.2) is 0 Å². The van der Waals surface area contributed by atoms with Gasteiger partial charge in [0.1, 0.15) is 24.9 Å². The molecule has 1 aliphatic rings. The van der Waals surface area contributed by atoms with Gasteiger partial charge in [0.05, 0.1) is 6.61 Å². The Labute approximate surface area is 300 Å². The maximum absolute atomic E-state index is 14.4. The molecule has 0 aromatic rings. The van der Waals surface area contributed by atoms with E-state index in [-0.39, 0.29) is 13.2 Å². The summed E-state index contributed by atoms with van der Waals surface area (Å²) in [5, 5.41) is 0. The lowest BCUT2D eigenvalue weighted by molar-refractivity contribution is -0.229. The van der Waals surface area contributed by atoms with Crippen LogP contribution in [0.5, 0.6) is 0 Å². The fraction of sp³-hybridized carbons (Fsp3) is 1.00. The molecule has 0 radical (unpaired) electrons. The van der Waals surface area contributed by atoms with Gasteiger partial charge in [-0.25, -0.2) is 9.13 Å². The molecule has 1 saturated heterocycles. The molecule has 0 aromatic carbocycles. The van der Waals surface area contributed by atoms with Gasteiger partial charge in [-0.05, 0) is 137 Å². The summed E-state index contributed by atoms with van der Waals surface area (Å²) in [5.74, 6) is -1.58. The van der Waals surface area contributed by atoms with Gasteiger partial charge in [-0.15, -0.1) is 0 Å². The summed E-state index contributed by atoms with van der Waals surface area (Å²) in [5.41, 5.74) is 0. The highest BCUT2D eigenvalue weighted by atomic mass is 31.2. The Bertz CT molecular complexity index is 1110. The van der Waals surface area contributed by atoms with E-state index in [0.717, 1.165) is 0 Å². The van der Waals surface area contributed by atoms with Crippen LogP contribution in [0, 0.1) is 0 Å². The zero-order valence-corrected chi connectivity index (χ0v) is 42.7. The molecule has 0 spiro atoms. The lowest BCUT2D eigenvalue weighted by atomic mass is 10.1. The third-order valence-electron chi connectivity index (χ3n) is 5.26. The van der Waals surface area contributed by atoms with Crippen molar-refractivity contribution in [3.8, 4) is 0 Å². The molecular formula is C27H70O12P2Si7. The van der Waals surface area contributed by atoms with Gasteiger partial charge in [-0.2, -0.15) is 0 Å². The third kappa shape index (κ3) is 19.1. The predicted molar refractivity (Wildman–Crippen MR) is 213 cm³/mol. The topological polar surface area (TPSA) is 126 Å². The minimum atomic E-state index is -4.07. The minimum absolute atomic E-state index is 0.182. The Morgan fingerprint density at radius 2 is 0.854 bits per heavy atom. The lowest BCUT2D eigenvalue weighted by Crippen LogP contribution is -2.58. The van der Waals surface area contributed by atoms with Crippen LogP contribution in [-0.2, 0) is 53.0 Å². The maximum atomic E-state index is 14.4. The average Bonchev–Trinajstić information content (AvgIpc) is 2.94. The molecule has 1 aliphatic heterocycles. The Morgan fingerprint density at radius 3 is 1.17 bits per heavy atom. The van der Waals surface area contributed by atoms with E-state index >= 15 is 0 Å². The molecule has 21 heteroatoms. The fourth-order valence-corrected chi connectivity index (χ4v) is 21.3. The number of hydrogen-bond donors (Lipinski definition) is 0. The highest BCUT2D eigenvalue weighted by Gasteiger charge is 2.62. The van der Waals surface area contributed by atoms with Gasteiger partial charge in [-0.1, -0.05) is 0 Å². The van der Waals surface area contributed by atoms with Crippen LogP contribution in [0.4, 0.5) is 0 Å². The first-order valence-corrected chi connectivity index (χ1v) is 43.6. The molecule has 4 unspecified atom stereocenters. The van der Waals surface area contributed by atoms with E-state index in [0.29, 0.717) is 0 Å². The first kappa shape index (κ1) is 47.6. The Hall–Kier alpha value is 1.58. The van der Waals surface area contributed by atoms with Crippen molar-refractivity contribution in [1.29, 1.82) is 0 Å². The molecular weight excluding hydrogens is 775 g/mol. The first-order chi connectivity index (χ1) is 20.7. The summed E-state index contributed by atoms with van der Waals surface area (Å²) in [4.78, 5) is 0. The van der Waals surface area contributed by atoms with Crippen molar-refractivity contribution < 1.29 is 53.0 Å². The molecule has 0 bridgehead atoms. The van der Waals surface area contributed by atoms with Gasteiger partial charge in [0.2, 0.25) is 5.79 Å². The van der Waals surface area contributed by atoms with E-state index in [4.69, 9.17) is 43.9 Å². The molecule has 0 aromatic heterocycles. The summed E-state index contributed by atoms with van der Waals surface area (Å²) in [6, 6.07) is 0. The molecule has 0 saturated carbocycles. The predicted octanol–water partition coefficient (Wildman–Crippen LogP) is 10.0. The maximum Gasteiger partial charge on any atom is 0.455 e. The molecule has 0 N–H and O–H groups in total. The second-order valence-electron chi connectivity index (χ2n) is 19.3. The van der Waals surface area contributed by atoms with Gasteiger partial charge in [0, 0.05) is 0 Å². The molecule has 1 rings (SSSR count). The second kappa shape index (κ2) is 16.1. The van der Waals surface area contributed by atoms with E-state index in [1.54, 1.807) is 0 Å². The highest BCUT2D eigenvalue weighted by Crippen LogP contribution is 2.57. The van der Waals surface area contributed by atoms with Crippen molar-refractivity contribution in [3.63, 3.8) is 0 Å². The van der Waals surface area contributed by atoms with Gasteiger partial charge in [-0.3, -0.25) is 9.05 Å². The van der Waals surface area contributed by atoms with E-state index in [1.165, 1.54) is 0 Å². The monoisotopic (exact) mass is 844 g/mol. The van der Waals surface area contributed by atoms with Crippen LogP contribution in [-0.4, -0.2) is 95.5 Å². The van der Waals surface area contributed by atoms with E-state index in [2.05, 4.69) is 39.3 Å². The molecule has 1 fully saturated rings. The van der Waals surface area contributed by atoms with Crippen LogP contribution >= 0.6 is 15.6 Å². The second-order valence-corrected chi connectivity index (χ2v) is 54.8. The van der Waals surface area contributed by atoms with Crippen molar-refractivity contribution in [2.75, 3.05) is 13.2 Å². The van der Waals surface area contributed by atoms with Crippen LogP contribution in [0.25, 0.3) is 0 Å². The molecule has 1 heterocycles. The summed E-state index contributed by atoms with van der Waals surface area (Å²) >= 11 is 0.